The maximum absolute atomic E-state index is 15.2. The number of piperidine rings is 1. The van der Waals surface area contributed by atoms with Gasteiger partial charge in [-0.05, 0) is 45.7 Å². The van der Waals surface area contributed by atoms with Crippen molar-refractivity contribution in [2.24, 2.45) is 0 Å². The van der Waals surface area contributed by atoms with Crippen LogP contribution in [0.3, 0.4) is 0 Å². The van der Waals surface area contributed by atoms with Crippen LogP contribution in [0, 0.1) is 6.92 Å². The summed E-state index contributed by atoms with van der Waals surface area (Å²) in [4.78, 5) is 43.3. The van der Waals surface area contributed by atoms with Crippen LogP contribution in [-0.2, 0) is 9.53 Å². The summed E-state index contributed by atoms with van der Waals surface area (Å²) in [5, 5.41) is 3.12. The largest absolute Gasteiger partial charge is 0.444 e. The smallest absolute Gasteiger partial charge is 0.410 e. The molecule has 1 N–H and O–H groups in total. The Kier molecular flexibility index (Phi) is 5.56. The molecule has 4 heterocycles. The summed E-state index contributed by atoms with van der Waals surface area (Å²) in [6.07, 6.45) is 2.31. The van der Waals surface area contributed by atoms with E-state index in [-0.39, 0.29) is 25.4 Å². The molecule has 0 aromatic carbocycles. The first-order chi connectivity index (χ1) is 15.0. The number of carbonyl (C=O) groups excluding carboxylic acids is 3. The summed E-state index contributed by atoms with van der Waals surface area (Å²) in [5.74, 6) is -0.297. The number of hydrogen-bond acceptors (Lipinski definition) is 5. The molecule has 2 aromatic heterocycles. The minimum absolute atomic E-state index is 0.0433. The summed E-state index contributed by atoms with van der Waals surface area (Å²) in [5.41, 5.74) is 1.48. The van der Waals surface area contributed by atoms with Crippen LogP contribution in [0.2, 0.25) is 0 Å². The second-order valence-electron chi connectivity index (χ2n) is 9.34. The molecule has 4 amide bonds. The number of alkyl halides is 1. The van der Waals surface area contributed by atoms with Crippen molar-refractivity contribution in [2.45, 2.75) is 58.4 Å². The fourth-order valence-electron chi connectivity index (χ4n) is 4.19. The normalized spacial score (nSPS) is 22.3. The van der Waals surface area contributed by atoms with Crippen LogP contribution in [0.25, 0.3) is 11.0 Å². The van der Waals surface area contributed by atoms with Gasteiger partial charge in [0.2, 0.25) is 5.91 Å². The Morgan fingerprint density at radius 2 is 2.03 bits per heavy atom. The predicted octanol–water partition coefficient (Wildman–Crippen LogP) is 3.31. The number of imide groups is 1. The van der Waals surface area contributed by atoms with Gasteiger partial charge in [-0.2, -0.15) is 0 Å². The van der Waals surface area contributed by atoms with Crippen molar-refractivity contribution >= 4 is 34.8 Å². The van der Waals surface area contributed by atoms with Crippen molar-refractivity contribution in [3.8, 4) is 0 Å². The number of carbonyl (C=O) groups is 3. The highest BCUT2D eigenvalue weighted by atomic mass is 19.1. The Balaban J connectivity index is 1.55. The number of amides is 4. The highest BCUT2D eigenvalue weighted by molar-refractivity contribution is 6.06. The van der Waals surface area contributed by atoms with E-state index in [1.54, 1.807) is 27.0 Å². The lowest BCUT2D eigenvalue weighted by atomic mass is 10.0. The van der Waals surface area contributed by atoms with E-state index >= 15 is 4.39 Å². The number of aromatic nitrogens is 2. The lowest BCUT2D eigenvalue weighted by Crippen LogP contribution is -2.49. The molecule has 0 aliphatic carbocycles. The van der Waals surface area contributed by atoms with E-state index in [1.165, 1.54) is 9.80 Å². The summed E-state index contributed by atoms with van der Waals surface area (Å²) in [6.45, 7) is 7.89. The van der Waals surface area contributed by atoms with Gasteiger partial charge in [0.25, 0.3) is 0 Å². The van der Waals surface area contributed by atoms with Gasteiger partial charge in [-0.15, -0.1) is 0 Å². The molecule has 2 atom stereocenters. The average molecular weight is 445 g/mol. The van der Waals surface area contributed by atoms with Crippen molar-refractivity contribution in [1.29, 1.82) is 0 Å². The maximum Gasteiger partial charge on any atom is 0.410 e. The van der Waals surface area contributed by atoms with Crippen LogP contribution in [0.15, 0.2) is 18.5 Å². The topological polar surface area (TPSA) is 96.8 Å². The number of rotatable bonds is 2. The number of nitrogens with zero attached hydrogens (tertiary/aromatic N) is 4. The SMILES string of the molecule is Cc1cn([C@@H]2CCN(C(=O)OC(C)(C)C)CC2F)c2ncc(N3CCC(=O)NC3=O)cc12. The van der Waals surface area contributed by atoms with E-state index < -0.39 is 29.9 Å². The molecule has 1 unspecified atom stereocenters. The van der Waals surface area contributed by atoms with Crippen molar-refractivity contribution in [1.82, 2.24) is 19.8 Å². The predicted molar refractivity (Wildman–Crippen MR) is 116 cm³/mol. The van der Waals surface area contributed by atoms with Gasteiger partial charge in [0.15, 0.2) is 0 Å². The minimum atomic E-state index is -1.27. The van der Waals surface area contributed by atoms with Gasteiger partial charge in [-0.3, -0.25) is 15.0 Å². The Morgan fingerprint density at radius 3 is 2.69 bits per heavy atom. The second kappa shape index (κ2) is 8.07. The summed E-state index contributed by atoms with van der Waals surface area (Å²) in [7, 11) is 0. The van der Waals surface area contributed by atoms with Crippen LogP contribution in [-0.4, -0.2) is 63.9 Å². The average Bonchev–Trinajstić information content (AvgIpc) is 3.02. The molecular formula is C22H28FN5O4. The molecule has 2 fully saturated rings. The molecule has 172 valence electrons. The van der Waals surface area contributed by atoms with Crippen LogP contribution in [0.4, 0.5) is 19.7 Å². The van der Waals surface area contributed by atoms with Crippen LogP contribution < -0.4 is 10.2 Å². The highest BCUT2D eigenvalue weighted by Crippen LogP contribution is 2.33. The lowest BCUT2D eigenvalue weighted by molar-refractivity contribution is -0.120. The number of ether oxygens (including phenoxy) is 1. The zero-order chi connectivity index (χ0) is 23.2. The summed E-state index contributed by atoms with van der Waals surface area (Å²) >= 11 is 0. The van der Waals surface area contributed by atoms with Gasteiger partial charge in [0.1, 0.15) is 17.4 Å². The van der Waals surface area contributed by atoms with Crippen LogP contribution in [0.1, 0.15) is 45.2 Å². The van der Waals surface area contributed by atoms with Gasteiger partial charge in [-0.1, -0.05) is 0 Å². The number of pyridine rings is 1. The number of anilines is 1. The van der Waals surface area contributed by atoms with Gasteiger partial charge in [-0.25, -0.2) is 19.0 Å². The Labute approximate surface area is 185 Å². The third-order valence-electron chi connectivity index (χ3n) is 5.74. The number of likely N-dealkylation sites (tertiary alicyclic amines) is 1. The molecule has 9 nitrogen and oxygen atoms in total. The molecule has 2 aliphatic rings. The molecule has 32 heavy (non-hydrogen) atoms. The maximum atomic E-state index is 15.2. The summed E-state index contributed by atoms with van der Waals surface area (Å²) < 4.78 is 22.4. The number of aryl methyl sites for hydroxylation is 1. The van der Waals surface area contributed by atoms with E-state index in [0.717, 1.165) is 10.9 Å². The number of urea groups is 1. The molecule has 0 bridgehead atoms. The van der Waals surface area contributed by atoms with Gasteiger partial charge < -0.3 is 14.2 Å². The van der Waals surface area contributed by atoms with E-state index in [1.807, 2.05) is 23.8 Å². The van der Waals surface area contributed by atoms with Crippen LogP contribution in [0.5, 0.6) is 0 Å². The summed E-state index contributed by atoms with van der Waals surface area (Å²) in [6, 6.07) is 0.907. The Hall–Kier alpha value is -3.17. The van der Waals surface area contributed by atoms with Crippen molar-refractivity contribution in [3.63, 3.8) is 0 Å². The first kappa shape index (κ1) is 22.0. The lowest BCUT2D eigenvalue weighted by Gasteiger charge is -2.36. The minimum Gasteiger partial charge on any atom is -0.444 e. The monoisotopic (exact) mass is 445 g/mol. The van der Waals surface area contributed by atoms with Crippen molar-refractivity contribution < 1.29 is 23.5 Å². The zero-order valence-electron chi connectivity index (χ0n) is 18.7. The molecule has 10 heteroatoms. The van der Waals surface area contributed by atoms with Gasteiger partial charge >= 0.3 is 12.1 Å². The Bertz CT molecular complexity index is 1080. The van der Waals surface area contributed by atoms with Crippen molar-refractivity contribution in [3.05, 3.63) is 24.0 Å². The number of hydrogen-bond donors (Lipinski definition) is 1. The number of fused-ring (bicyclic) bond motifs is 1. The second-order valence-corrected chi connectivity index (χ2v) is 9.34. The Morgan fingerprint density at radius 1 is 1.28 bits per heavy atom. The quantitative estimate of drug-likeness (QED) is 0.765. The molecule has 2 aromatic rings. The first-order valence-electron chi connectivity index (χ1n) is 10.7. The van der Waals surface area contributed by atoms with E-state index in [9.17, 15) is 14.4 Å². The number of halogens is 1. The molecular weight excluding hydrogens is 417 g/mol. The van der Waals surface area contributed by atoms with Gasteiger partial charge in [0, 0.05) is 31.1 Å². The first-order valence-corrected chi connectivity index (χ1v) is 10.7. The molecule has 0 saturated carbocycles. The number of nitrogens with one attached hydrogen (secondary N) is 1. The van der Waals surface area contributed by atoms with E-state index in [2.05, 4.69) is 10.3 Å². The highest BCUT2D eigenvalue weighted by Gasteiger charge is 2.35. The fourth-order valence-corrected chi connectivity index (χ4v) is 4.19. The standard InChI is InChI=1S/C22H28FN5O4/c1-13-11-28(17-5-7-26(12-16(17)23)21(31)32-22(2,3)4)19-15(13)9-14(10-24-19)27-8-6-18(29)25-20(27)30/h9-11,16-17H,5-8,12H2,1-4H3,(H,25,29,30)/t16?,17-/m1/s1. The molecule has 4 rings (SSSR count). The molecule has 2 saturated heterocycles. The van der Waals surface area contributed by atoms with Crippen LogP contribution >= 0.6 is 0 Å². The van der Waals surface area contributed by atoms with E-state index in [4.69, 9.17) is 4.74 Å². The third-order valence-corrected chi connectivity index (χ3v) is 5.74. The fraction of sp³-hybridized carbons (Fsp3) is 0.545. The molecule has 2 aliphatic heterocycles. The molecule has 0 radical (unpaired) electrons. The van der Waals surface area contributed by atoms with E-state index in [0.29, 0.717) is 24.3 Å². The third kappa shape index (κ3) is 4.26. The molecule has 0 spiro atoms. The van der Waals surface area contributed by atoms with Crippen molar-refractivity contribution in [2.75, 3.05) is 24.5 Å². The zero-order valence-corrected chi connectivity index (χ0v) is 18.7. The van der Waals surface area contributed by atoms with Gasteiger partial charge in [0.05, 0.1) is 24.5 Å².